The highest BCUT2D eigenvalue weighted by Crippen LogP contribution is 2.18. The highest BCUT2D eigenvalue weighted by molar-refractivity contribution is 5.94. The van der Waals surface area contributed by atoms with Crippen LogP contribution >= 0.6 is 0 Å². The molecule has 0 unspecified atom stereocenters. The topological polar surface area (TPSA) is 59.6 Å². The van der Waals surface area contributed by atoms with Crippen LogP contribution in [0.15, 0.2) is 24.3 Å². The summed E-state index contributed by atoms with van der Waals surface area (Å²) in [5, 5.41) is 1.78. The fraction of sp³-hybridized carbons (Fsp3) is 0.417. The Balaban J connectivity index is 2.47. The number of methoxy groups -OCH3 is 1. The summed E-state index contributed by atoms with van der Waals surface area (Å²) in [6.07, 6.45) is -4.91. The van der Waals surface area contributed by atoms with E-state index in [0.717, 1.165) is 0 Å². The van der Waals surface area contributed by atoms with Crippen LogP contribution in [0.4, 0.5) is 18.9 Å². The van der Waals surface area contributed by atoms with Crippen LogP contribution in [0.1, 0.15) is 5.56 Å². The van der Waals surface area contributed by atoms with Crippen molar-refractivity contribution >= 4 is 11.6 Å². The zero-order valence-corrected chi connectivity index (χ0v) is 10.8. The number of carbonyl (C=O) groups is 1. The second-order valence-corrected chi connectivity index (χ2v) is 3.81. The fourth-order valence-corrected chi connectivity index (χ4v) is 1.29. The standard InChI is InChI=1S/C12H15F3N2O3/c1-19-5-6-20-16-8-9-3-2-4-10(7-9)17-11(18)12(13,14)15/h2-4,7,16H,5-6,8H2,1H3,(H,17,18). The largest absolute Gasteiger partial charge is 0.471 e. The molecule has 112 valence electrons. The smallest absolute Gasteiger partial charge is 0.382 e. The van der Waals surface area contributed by atoms with Crippen molar-refractivity contribution in [3.05, 3.63) is 29.8 Å². The van der Waals surface area contributed by atoms with E-state index in [1.165, 1.54) is 25.3 Å². The van der Waals surface area contributed by atoms with Gasteiger partial charge in [-0.1, -0.05) is 12.1 Å². The van der Waals surface area contributed by atoms with E-state index in [1.807, 2.05) is 0 Å². The van der Waals surface area contributed by atoms with E-state index in [2.05, 4.69) is 5.48 Å². The van der Waals surface area contributed by atoms with Crippen molar-refractivity contribution in [2.24, 2.45) is 0 Å². The summed E-state index contributed by atoms with van der Waals surface area (Å²) in [6.45, 7) is 1.06. The highest BCUT2D eigenvalue weighted by atomic mass is 19.4. The van der Waals surface area contributed by atoms with Crippen molar-refractivity contribution in [2.45, 2.75) is 12.7 Å². The molecule has 0 atom stereocenters. The van der Waals surface area contributed by atoms with Gasteiger partial charge in [-0.3, -0.25) is 9.63 Å². The molecule has 0 heterocycles. The third-order valence-corrected chi connectivity index (χ3v) is 2.21. The summed E-state index contributed by atoms with van der Waals surface area (Å²) in [5.74, 6) is -2.00. The van der Waals surface area contributed by atoms with E-state index in [4.69, 9.17) is 9.57 Å². The molecule has 20 heavy (non-hydrogen) atoms. The molecule has 0 aliphatic carbocycles. The monoisotopic (exact) mass is 292 g/mol. The summed E-state index contributed by atoms with van der Waals surface area (Å²) in [5.41, 5.74) is 3.37. The molecule has 1 aromatic rings. The Labute approximate surface area is 114 Å². The number of hydrogen-bond acceptors (Lipinski definition) is 4. The van der Waals surface area contributed by atoms with Gasteiger partial charge in [-0.2, -0.15) is 18.7 Å². The molecule has 0 saturated heterocycles. The minimum absolute atomic E-state index is 0.0727. The van der Waals surface area contributed by atoms with E-state index >= 15 is 0 Å². The Kier molecular flexibility index (Phi) is 6.43. The quantitative estimate of drug-likeness (QED) is 0.595. The van der Waals surface area contributed by atoms with E-state index < -0.39 is 12.1 Å². The van der Waals surface area contributed by atoms with Crippen LogP contribution in [-0.2, 0) is 20.9 Å². The number of hydroxylamine groups is 1. The average molecular weight is 292 g/mol. The van der Waals surface area contributed by atoms with E-state index in [0.29, 0.717) is 25.3 Å². The van der Waals surface area contributed by atoms with E-state index in [9.17, 15) is 18.0 Å². The Morgan fingerprint density at radius 3 is 2.70 bits per heavy atom. The third kappa shape index (κ3) is 6.00. The van der Waals surface area contributed by atoms with Gasteiger partial charge in [0.1, 0.15) is 0 Å². The number of ether oxygens (including phenoxy) is 1. The maximum absolute atomic E-state index is 12.1. The molecule has 0 bridgehead atoms. The molecule has 1 aromatic carbocycles. The van der Waals surface area contributed by atoms with Crippen molar-refractivity contribution in [1.82, 2.24) is 5.48 Å². The SMILES string of the molecule is COCCONCc1cccc(NC(=O)C(F)(F)F)c1. The number of amides is 1. The van der Waals surface area contributed by atoms with Gasteiger partial charge >= 0.3 is 12.1 Å². The van der Waals surface area contributed by atoms with Gasteiger partial charge in [-0.25, -0.2) is 0 Å². The van der Waals surface area contributed by atoms with Crippen molar-refractivity contribution in [3.63, 3.8) is 0 Å². The second kappa shape index (κ2) is 7.83. The van der Waals surface area contributed by atoms with Crippen LogP contribution in [0.2, 0.25) is 0 Å². The number of halogens is 3. The number of benzene rings is 1. The molecule has 0 aliphatic heterocycles. The van der Waals surface area contributed by atoms with Gasteiger partial charge < -0.3 is 10.1 Å². The maximum Gasteiger partial charge on any atom is 0.471 e. The lowest BCUT2D eigenvalue weighted by atomic mass is 10.2. The first-order valence-electron chi connectivity index (χ1n) is 5.74. The zero-order valence-electron chi connectivity index (χ0n) is 10.8. The average Bonchev–Trinajstić information content (AvgIpc) is 2.38. The summed E-state index contributed by atoms with van der Waals surface area (Å²) >= 11 is 0. The Hall–Kier alpha value is -1.64. The van der Waals surface area contributed by atoms with Gasteiger partial charge in [0, 0.05) is 19.3 Å². The molecule has 0 aliphatic rings. The Bertz CT molecular complexity index is 438. The minimum Gasteiger partial charge on any atom is -0.382 e. The lowest BCUT2D eigenvalue weighted by molar-refractivity contribution is -0.167. The predicted molar refractivity (Wildman–Crippen MR) is 65.8 cm³/mol. The molecule has 0 saturated carbocycles. The van der Waals surface area contributed by atoms with Crippen molar-refractivity contribution < 1.29 is 27.5 Å². The molecule has 5 nitrogen and oxygen atoms in total. The number of anilines is 1. The van der Waals surface area contributed by atoms with Crippen LogP contribution in [0, 0.1) is 0 Å². The first-order chi connectivity index (χ1) is 9.43. The molecule has 1 rings (SSSR count). The molecule has 0 radical (unpaired) electrons. The van der Waals surface area contributed by atoms with Crippen LogP contribution in [0.25, 0.3) is 0 Å². The van der Waals surface area contributed by atoms with Crippen LogP contribution in [0.5, 0.6) is 0 Å². The highest BCUT2D eigenvalue weighted by Gasteiger charge is 2.38. The number of hydrogen-bond donors (Lipinski definition) is 2. The zero-order chi connectivity index (χ0) is 15.0. The summed E-state index contributed by atoms with van der Waals surface area (Å²) < 4.78 is 41.1. The Morgan fingerprint density at radius 2 is 2.05 bits per heavy atom. The van der Waals surface area contributed by atoms with Crippen molar-refractivity contribution in [1.29, 1.82) is 0 Å². The van der Waals surface area contributed by atoms with Crippen LogP contribution in [-0.4, -0.2) is 32.4 Å². The second-order valence-electron chi connectivity index (χ2n) is 3.81. The van der Waals surface area contributed by atoms with Crippen LogP contribution in [0.3, 0.4) is 0 Å². The van der Waals surface area contributed by atoms with Crippen LogP contribution < -0.4 is 10.8 Å². The van der Waals surface area contributed by atoms with Crippen molar-refractivity contribution in [3.8, 4) is 0 Å². The van der Waals surface area contributed by atoms with E-state index in [-0.39, 0.29) is 5.69 Å². The molecule has 0 aromatic heterocycles. The van der Waals surface area contributed by atoms with Crippen molar-refractivity contribution in [2.75, 3.05) is 25.6 Å². The molecular weight excluding hydrogens is 277 g/mol. The van der Waals surface area contributed by atoms with Gasteiger partial charge in [0.15, 0.2) is 0 Å². The number of rotatable bonds is 7. The van der Waals surface area contributed by atoms with Gasteiger partial charge in [-0.05, 0) is 17.7 Å². The van der Waals surface area contributed by atoms with Gasteiger partial charge in [0.2, 0.25) is 0 Å². The molecule has 1 amide bonds. The normalized spacial score (nSPS) is 11.4. The predicted octanol–water partition coefficient (Wildman–Crippen LogP) is 1.85. The molecule has 8 heteroatoms. The number of nitrogens with one attached hydrogen (secondary N) is 2. The maximum atomic E-state index is 12.1. The summed E-state index contributed by atoms with van der Waals surface area (Å²) in [7, 11) is 1.54. The van der Waals surface area contributed by atoms with Gasteiger partial charge in [0.05, 0.1) is 13.2 Å². The molecule has 0 fully saturated rings. The number of alkyl halides is 3. The first-order valence-corrected chi connectivity index (χ1v) is 5.74. The van der Waals surface area contributed by atoms with Gasteiger partial charge in [0.25, 0.3) is 0 Å². The van der Waals surface area contributed by atoms with Gasteiger partial charge in [-0.15, -0.1) is 0 Å². The lowest BCUT2D eigenvalue weighted by Gasteiger charge is -2.10. The number of carbonyl (C=O) groups excluding carboxylic acids is 1. The molecular formula is C12H15F3N2O3. The molecule has 2 N–H and O–H groups in total. The third-order valence-electron chi connectivity index (χ3n) is 2.21. The first kappa shape index (κ1) is 16.4. The van der Waals surface area contributed by atoms with E-state index in [1.54, 1.807) is 11.4 Å². The fourth-order valence-electron chi connectivity index (χ4n) is 1.29. The Morgan fingerprint density at radius 1 is 1.30 bits per heavy atom. The summed E-state index contributed by atoms with van der Waals surface area (Å²) in [4.78, 5) is 15.8. The lowest BCUT2D eigenvalue weighted by Crippen LogP contribution is -2.30. The molecule has 0 spiro atoms. The minimum atomic E-state index is -4.91. The summed E-state index contributed by atoms with van der Waals surface area (Å²) in [6, 6.07) is 6.03.